The van der Waals surface area contributed by atoms with Crippen molar-refractivity contribution < 1.29 is 19.9 Å². The van der Waals surface area contributed by atoms with Gasteiger partial charge in [0.25, 0.3) is 0 Å². The summed E-state index contributed by atoms with van der Waals surface area (Å²) in [5.74, 6) is -2.10. The Labute approximate surface area is 56.6 Å². The number of nitrogens with one attached hydrogen (secondary N) is 1. The Hall–Kier alpha value is -1.14. The van der Waals surface area contributed by atoms with Crippen molar-refractivity contribution in [2.24, 2.45) is 5.73 Å². The second-order valence-electron chi connectivity index (χ2n) is 1.68. The number of carboxylic acids is 1. The standard InChI is InChI=1S/C4H8N2O4/c5-4(9)2(6-10)1-3(7)8/h2,6,10H,1H2,(H2,5,9)(H,7,8)/t2-/m0/s1. The first kappa shape index (κ1) is 8.86. The molecule has 1 atom stereocenters. The molecule has 1 amide bonds. The van der Waals surface area contributed by atoms with Crippen LogP contribution in [0.5, 0.6) is 0 Å². The number of aliphatic carboxylic acids is 1. The maximum Gasteiger partial charge on any atom is 0.305 e. The molecule has 0 aromatic heterocycles. The van der Waals surface area contributed by atoms with Crippen molar-refractivity contribution in [1.82, 2.24) is 5.48 Å². The minimum Gasteiger partial charge on any atom is -0.481 e. The third kappa shape index (κ3) is 3.00. The van der Waals surface area contributed by atoms with Gasteiger partial charge >= 0.3 is 5.97 Å². The van der Waals surface area contributed by atoms with Gasteiger partial charge in [-0.1, -0.05) is 0 Å². The zero-order valence-electron chi connectivity index (χ0n) is 5.07. The minimum atomic E-state index is -1.21. The molecule has 6 heteroatoms. The lowest BCUT2D eigenvalue weighted by Crippen LogP contribution is -2.40. The molecule has 0 saturated carbocycles. The van der Waals surface area contributed by atoms with E-state index in [2.05, 4.69) is 5.73 Å². The molecule has 0 spiro atoms. The van der Waals surface area contributed by atoms with Gasteiger partial charge in [0.1, 0.15) is 6.04 Å². The average Bonchev–Trinajstić information content (AvgIpc) is 1.81. The molecule has 10 heavy (non-hydrogen) atoms. The molecule has 0 aromatic carbocycles. The fourth-order valence-electron chi connectivity index (χ4n) is 0.384. The van der Waals surface area contributed by atoms with Crippen LogP contribution in [0.25, 0.3) is 0 Å². The zero-order chi connectivity index (χ0) is 8.15. The molecule has 0 saturated heterocycles. The van der Waals surface area contributed by atoms with Gasteiger partial charge in [0, 0.05) is 0 Å². The maximum absolute atomic E-state index is 10.2. The van der Waals surface area contributed by atoms with Gasteiger partial charge in [-0.3, -0.25) is 9.59 Å². The minimum absolute atomic E-state index is 0.522. The summed E-state index contributed by atoms with van der Waals surface area (Å²) in [4.78, 5) is 20.1. The molecule has 5 N–H and O–H groups in total. The highest BCUT2D eigenvalue weighted by molar-refractivity contribution is 5.84. The van der Waals surface area contributed by atoms with Gasteiger partial charge in [0.15, 0.2) is 0 Å². The van der Waals surface area contributed by atoms with Crippen LogP contribution in [0.1, 0.15) is 6.42 Å². The van der Waals surface area contributed by atoms with E-state index >= 15 is 0 Å². The summed E-state index contributed by atoms with van der Waals surface area (Å²) in [6.45, 7) is 0. The van der Waals surface area contributed by atoms with Crippen LogP contribution in [0, 0.1) is 0 Å². The fraction of sp³-hybridized carbons (Fsp3) is 0.500. The number of nitrogens with two attached hydrogens (primary N) is 1. The summed E-state index contributed by atoms with van der Waals surface area (Å²) < 4.78 is 0. The molecule has 0 aliphatic heterocycles. The molecular formula is C4H8N2O4. The average molecular weight is 148 g/mol. The summed E-state index contributed by atoms with van der Waals surface area (Å²) in [6, 6.07) is -1.21. The fourth-order valence-corrected chi connectivity index (χ4v) is 0.384. The topological polar surface area (TPSA) is 113 Å². The first-order valence-corrected chi connectivity index (χ1v) is 2.48. The Bertz CT molecular complexity index is 146. The molecular weight excluding hydrogens is 140 g/mol. The van der Waals surface area contributed by atoms with Crippen molar-refractivity contribution in [3.63, 3.8) is 0 Å². The molecule has 0 aromatic rings. The first-order valence-electron chi connectivity index (χ1n) is 2.48. The van der Waals surface area contributed by atoms with Crippen LogP contribution < -0.4 is 11.2 Å². The SMILES string of the molecule is NC(=O)[C@H](CC(=O)O)NO. The third-order valence-corrected chi connectivity index (χ3v) is 0.878. The highest BCUT2D eigenvalue weighted by atomic mass is 16.5. The smallest absolute Gasteiger partial charge is 0.305 e. The van der Waals surface area contributed by atoms with E-state index in [1.165, 1.54) is 5.48 Å². The largest absolute Gasteiger partial charge is 0.481 e. The molecule has 0 aliphatic rings. The quantitative estimate of drug-likeness (QED) is 0.355. The van der Waals surface area contributed by atoms with Crippen LogP contribution in [-0.2, 0) is 9.59 Å². The summed E-state index contributed by atoms with van der Waals surface area (Å²) in [7, 11) is 0. The summed E-state index contributed by atoms with van der Waals surface area (Å²) in [5, 5.41) is 16.2. The lowest BCUT2D eigenvalue weighted by atomic mass is 10.2. The molecule has 0 heterocycles. The number of amides is 1. The van der Waals surface area contributed by atoms with Crippen LogP contribution in [0.15, 0.2) is 0 Å². The van der Waals surface area contributed by atoms with Crippen LogP contribution in [-0.4, -0.2) is 28.2 Å². The first-order chi connectivity index (χ1) is 4.57. The Kier molecular flexibility index (Phi) is 3.37. The molecule has 0 fully saturated rings. The second-order valence-corrected chi connectivity index (χ2v) is 1.68. The van der Waals surface area contributed by atoms with Crippen molar-refractivity contribution in [3.05, 3.63) is 0 Å². The molecule has 0 rings (SSSR count). The number of hydroxylamine groups is 1. The number of carboxylic acid groups (broad SMARTS) is 1. The number of primary amides is 1. The van der Waals surface area contributed by atoms with Gasteiger partial charge in [-0.05, 0) is 0 Å². The van der Waals surface area contributed by atoms with E-state index in [-0.39, 0.29) is 0 Å². The van der Waals surface area contributed by atoms with E-state index in [9.17, 15) is 9.59 Å². The summed E-state index contributed by atoms with van der Waals surface area (Å²) in [6.07, 6.45) is -0.522. The monoisotopic (exact) mass is 148 g/mol. The lowest BCUT2D eigenvalue weighted by molar-refractivity contribution is -0.140. The number of carbonyl (C=O) groups is 2. The van der Waals surface area contributed by atoms with Crippen molar-refractivity contribution in [2.75, 3.05) is 0 Å². The van der Waals surface area contributed by atoms with E-state index < -0.39 is 24.3 Å². The normalized spacial score (nSPS) is 12.5. The Morgan fingerprint density at radius 3 is 2.20 bits per heavy atom. The van der Waals surface area contributed by atoms with Crippen molar-refractivity contribution in [3.8, 4) is 0 Å². The van der Waals surface area contributed by atoms with Gasteiger partial charge in [-0.15, -0.1) is 0 Å². The predicted molar refractivity (Wildman–Crippen MR) is 30.2 cm³/mol. The van der Waals surface area contributed by atoms with Crippen molar-refractivity contribution in [1.29, 1.82) is 0 Å². The molecule has 0 radical (unpaired) electrons. The lowest BCUT2D eigenvalue weighted by Gasteiger charge is -2.05. The van der Waals surface area contributed by atoms with Gasteiger partial charge in [-0.2, -0.15) is 5.48 Å². The van der Waals surface area contributed by atoms with Crippen LogP contribution in [0.3, 0.4) is 0 Å². The summed E-state index contributed by atoms with van der Waals surface area (Å²) >= 11 is 0. The van der Waals surface area contributed by atoms with Crippen molar-refractivity contribution >= 4 is 11.9 Å². The molecule has 58 valence electrons. The Morgan fingerprint density at radius 2 is 2.10 bits per heavy atom. The third-order valence-electron chi connectivity index (χ3n) is 0.878. The van der Waals surface area contributed by atoms with E-state index in [1.54, 1.807) is 0 Å². The Morgan fingerprint density at radius 1 is 1.60 bits per heavy atom. The molecule has 0 aliphatic carbocycles. The van der Waals surface area contributed by atoms with E-state index in [4.69, 9.17) is 10.3 Å². The van der Waals surface area contributed by atoms with Gasteiger partial charge < -0.3 is 16.0 Å². The Balaban J connectivity index is 3.83. The number of hydrogen-bond donors (Lipinski definition) is 4. The van der Waals surface area contributed by atoms with E-state index in [0.717, 1.165) is 0 Å². The number of hydrogen-bond acceptors (Lipinski definition) is 4. The predicted octanol–water partition coefficient (Wildman–Crippen LogP) is -1.71. The van der Waals surface area contributed by atoms with Gasteiger partial charge in [0.2, 0.25) is 5.91 Å². The molecule has 0 unspecified atom stereocenters. The second kappa shape index (κ2) is 3.80. The number of rotatable bonds is 4. The van der Waals surface area contributed by atoms with Gasteiger partial charge in [-0.25, -0.2) is 0 Å². The van der Waals surface area contributed by atoms with Crippen molar-refractivity contribution in [2.45, 2.75) is 12.5 Å². The maximum atomic E-state index is 10.2. The van der Waals surface area contributed by atoms with Crippen LogP contribution in [0.4, 0.5) is 0 Å². The van der Waals surface area contributed by atoms with Gasteiger partial charge in [0.05, 0.1) is 6.42 Å². The zero-order valence-corrected chi connectivity index (χ0v) is 5.07. The molecule has 0 bridgehead atoms. The van der Waals surface area contributed by atoms with E-state index in [1.807, 2.05) is 0 Å². The molecule has 6 nitrogen and oxygen atoms in total. The highest BCUT2D eigenvalue weighted by Gasteiger charge is 2.16. The van der Waals surface area contributed by atoms with Crippen LogP contribution >= 0.6 is 0 Å². The van der Waals surface area contributed by atoms with E-state index in [0.29, 0.717) is 0 Å². The summed E-state index contributed by atoms with van der Waals surface area (Å²) in [5.41, 5.74) is 6.15. The van der Waals surface area contributed by atoms with Crippen LogP contribution in [0.2, 0.25) is 0 Å². The highest BCUT2D eigenvalue weighted by Crippen LogP contribution is 1.88. The number of carbonyl (C=O) groups excluding carboxylic acids is 1.